The molecule has 0 fully saturated rings. The maximum absolute atomic E-state index is 12.1. The van der Waals surface area contributed by atoms with Gasteiger partial charge >= 0.3 is 0 Å². The van der Waals surface area contributed by atoms with Gasteiger partial charge in [-0.25, -0.2) is 0 Å². The SMILES string of the molecule is Cl.O=C(C[n+]1ccc2sccc2c1)c1ccc([O-])cc1. The molecular formula is C15H12ClNO2S. The molecule has 0 aliphatic rings. The van der Waals surface area contributed by atoms with Crippen LogP contribution in [0.5, 0.6) is 5.75 Å². The Hall–Kier alpha value is -1.91. The van der Waals surface area contributed by atoms with Gasteiger partial charge in [0.15, 0.2) is 12.4 Å². The number of thiophene rings is 1. The van der Waals surface area contributed by atoms with Crippen LogP contribution in [0, 0.1) is 0 Å². The summed E-state index contributed by atoms with van der Waals surface area (Å²) >= 11 is 1.68. The molecule has 0 atom stereocenters. The third-order valence-corrected chi connectivity index (χ3v) is 3.85. The lowest BCUT2D eigenvalue weighted by molar-refractivity contribution is -0.681. The van der Waals surface area contributed by atoms with E-state index in [0.717, 1.165) is 5.39 Å². The summed E-state index contributed by atoms with van der Waals surface area (Å²) in [5.74, 6) is -0.0801. The van der Waals surface area contributed by atoms with Crippen LogP contribution in [0.3, 0.4) is 0 Å². The molecule has 0 N–H and O–H groups in total. The molecule has 20 heavy (non-hydrogen) atoms. The van der Waals surface area contributed by atoms with E-state index < -0.39 is 0 Å². The van der Waals surface area contributed by atoms with Crippen molar-refractivity contribution in [2.45, 2.75) is 6.54 Å². The van der Waals surface area contributed by atoms with Crippen molar-refractivity contribution in [2.75, 3.05) is 0 Å². The molecular weight excluding hydrogens is 294 g/mol. The van der Waals surface area contributed by atoms with Crippen molar-refractivity contribution < 1.29 is 14.5 Å². The molecule has 0 aliphatic carbocycles. The second-order valence-corrected chi connectivity index (χ2v) is 5.25. The van der Waals surface area contributed by atoms with Gasteiger partial charge < -0.3 is 5.11 Å². The van der Waals surface area contributed by atoms with Crippen molar-refractivity contribution in [1.82, 2.24) is 0 Å². The van der Waals surface area contributed by atoms with E-state index in [4.69, 9.17) is 0 Å². The van der Waals surface area contributed by atoms with Gasteiger partial charge in [0.05, 0.1) is 5.39 Å². The summed E-state index contributed by atoms with van der Waals surface area (Å²) in [5.41, 5.74) is 0.567. The highest BCUT2D eigenvalue weighted by Gasteiger charge is 2.12. The molecule has 0 bridgehead atoms. The maximum Gasteiger partial charge on any atom is 0.227 e. The Bertz CT molecular complexity index is 737. The normalized spacial score (nSPS) is 10.2. The molecule has 2 aromatic heterocycles. The molecule has 102 valence electrons. The lowest BCUT2D eigenvalue weighted by Gasteiger charge is -2.04. The van der Waals surface area contributed by atoms with E-state index in [1.165, 1.54) is 16.8 Å². The van der Waals surface area contributed by atoms with Gasteiger partial charge in [-0.2, -0.15) is 4.57 Å². The van der Waals surface area contributed by atoms with E-state index in [-0.39, 0.29) is 30.5 Å². The van der Waals surface area contributed by atoms with E-state index >= 15 is 0 Å². The number of carbonyl (C=O) groups is 1. The molecule has 0 saturated heterocycles. The highest BCUT2D eigenvalue weighted by atomic mass is 35.5. The fourth-order valence-corrected chi connectivity index (χ4v) is 2.71. The van der Waals surface area contributed by atoms with Gasteiger partial charge in [0.1, 0.15) is 0 Å². The lowest BCUT2D eigenvalue weighted by atomic mass is 10.1. The molecule has 5 heteroatoms. The van der Waals surface area contributed by atoms with Crippen LogP contribution in [-0.4, -0.2) is 5.78 Å². The highest BCUT2D eigenvalue weighted by Crippen LogP contribution is 2.17. The van der Waals surface area contributed by atoms with Gasteiger partial charge in [-0.1, -0.05) is 24.3 Å². The average Bonchev–Trinajstić information content (AvgIpc) is 2.87. The van der Waals surface area contributed by atoms with Gasteiger partial charge in [0.25, 0.3) is 0 Å². The van der Waals surface area contributed by atoms with Crippen LogP contribution in [0.2, 0.25) is 0 Å². The summed E-state index contributed by atoms with van der Waals surface area (Å²) in [4.78, 5) is 12.1. The summed E-state index contributed by atoms with van der Waals surface area (Å²) in [6.07, 6.45) is 3.87. The number of hydrogen-bond acceptors (Lipinski definition) is 3. The Kier molecular flexibility index (Phi) is 4.37. The van der Waals surface area contributed by atoms with E-state index in [1.807, 2.05) is 34.5 Å². The predicted octanol–water partition coefficient (Wildman–Crippen LogP) is 2.57. The van der Waals surface area contributed by atoms with Crippen molar-refractivity contribution in [3.05, 3.63) is 59.7 Å². The van der Waals surface area contributed by atoms with Crippen LogP contribution in [0.15, 0.2) is 54.2 Å². The first-order valence-corrected chi connectivity index (χ1v) is 6.77. The molecule has 3 nitrogen and oxygen atoms in total. The summed E-state index contributed by atoms with van der Waals surface area (Å²) in [6.45, 7) is 0.282. The minimum atomic E-state index is -0.0797. The fourth-order valence-electron chi connectivity index (χ4n) is 1.95. The topological polar surface area (TPSA) is 44.0 Å². The van der Waals surface area contributed by atoms with Crippen molar-refractivity contribution in [3.8, 4) is 5.75 Å². The average molecular weight is 306 g/mol. The summed E-state index contributed by atoms with van der Waals surface area (Å²) in [5, 5.41) is 14.2. The molecule has 0 aliphatic heterocycles. The Morgan fingerprint density at radius 2 is 1.90 bits per heavy atom. The second-order valence-electron chi connectivity index (χ2n) is 4.30. The molecule has 0 radical (unpaired) electrons. The largest absolute Gasteiger partial charge is 0.872 e. The molecule has 0 amide bonds. The lowest BCUT2D eigenvalue weighted by Crippen LogP contribution is -2.37. The van der Waals surface area contributed by atoms with Crippen LogP contribution < -0.4 is 9.67 Å². The van der Waals surface area contributed by atoms with E-state index in [0.29, 0.717) is 5.56 Å². The van der Waals surface area contributed by atoms with E-state index in [9.17, 15) is 9.90 Å². The second kappa shape index (κ2) is 6.03. The standard InChI is InChI=1S/C15H11NO2S.ClH/c17-13-3-1-11(2-4-13)14(18)10-16-7-5-15-12(9-16)6-8-19-15;/h1-9H,10H2;1H. The molecule has 3 rings (SSSR count). The third kappa shape index (κ3) is 2.98. The van der Waals surface area contributed by atoms with Gasteiger partial charge in [0, 0.05) is 16.3 Å². The zero-order valence-corrected chi connectivity index (χ0v) is 12.1. The fraction of sp³-hybridized carbons (Fsp3) is 0.0667. The Labute approximate surface area is 126 Å². The van der Waals surface area contributed by atoms with Crippen LogP contribution in [0.4, 0.5) is 0 Å². The zero-order chi connectivity index (χ0) is 13.2. The summed E-state index contributed by atoms with van der Waals surface area (Å²) < 4.78 is 3.07. The minimum absolute atomic E-state index is 0. The Morgan fingerprint density at radius 3 is 2.65 bits per heavy atom. The number of fused-ring (bicyclic) bond motifs is 1. The van der Waals surface area contributed by atoms with Gasteiger partial charge in [-0.3, -0.25) is 4.79 Å². The summed E-state index contributed by atoms with van der Waals surface area (Å²) in [7, 11) is 0. The van der Waals surface area contributed by atoms with Crippen molar-refractivity contribution in [3.63, 3.8) is 0 Å². The molecule has 1 aromatic carbocycles. The number of ketones is 1. The van der Waals surface area contributed by atoms with Gasteiger partial charge in [-0.05, 0) is 11.4 Å². The van der Waals surface area contributed by atoms with Crippen molar-refractivity contribution in [2.24, 2.45) is 0 Å². The quantitative estimate of drug-likeness (QED) is 0.551. The number of carbonyl (C=O) groups excluding carboxylic acids is 1. The number of aromatic nitrogens is 1. The van der Waals surface area contributed by atoms with Crippen LogP contribution in [0.25, 0.3) is 10.1 Å². The minimum Gasteiger partial charge on any atom is -0.872 e. The predicted molar refractivity (Wildman–Crippen MR) is 79.5 cm³/mol. The Balaban J connectivity index is 0.00000147. The molecule has 3 aromatic rings. The van der Waals surface area contributed by atoms with Gasteiger partial charge in [0.2, 0.25) is 12.3 Å². The molecule has 0 spiro atoms. The zero-order valence-electron chi connectivity index (χ0n) is 10.5. The Morgan fingerprint density at radius 1 is 1.15 bits per heavy atom. The maximum atomic E-state index is 12.1. The van der Waals surface area contributed by atoms with Crippen LogP contribution in [-0.2, 0) is 6.54 Å². The van der Waals surface area contributed by atoms with Crippen molar-refractivity contribution in [1.29, 1.82) is 0 Å². The molecule has 0 unspecified atom stereocenters. The monoisotopic (exact) mass is 305 g/mol. The first-order chi connectivity index (χ1) is 9.22. The molecule has 2 heterocycles. The smallest absolute Gasteiger partial charge is 0.227 e. The highest BCUT2D eigenvalue weighted by molar-refractivity contribution is 7.17. The number of benzene rings is 1. The van der Waals surface area contributed by atoms with Crippen molar-refractivity contribution >= 4 is 39.6 Å². The number of pyridine rings is 1. The number of halogens is 1. The van der Waals surface area contributed by atoms with E-state index in [1.54, 1.807) is 23.5 Å². The van der Waals surface area contributed by atoms with E-state index in [2.05, 4.69) is 0 Å². The number of hydrogen-bond donors (Lipinski definition) is 0. The number of Topliss-reactive ketones (excluding diaryl/α,β-unsaturated/α-hetero) is 1. The number of nitrogens with zero attached hydrogens (tertiary/aromatic N) is 1. The first-order valence-electron chi connectivity index (χ1n) is 5.89. The third-order valence-electron chi connectivity index (χ3n) is 2.95. The van der Waals surface area contributed by atoms with Crippen LogP contribution in [0.1, 0.15) is 10.4 Å². The summed E-state index contributed by atoms with van der Waals surface area (Å²) in [6, 6.07) is 10.0. The first kappa shape index (κ1) is 14.5. The van der Waals surface area contributed by atoms with Gasteiger partial charge in [-0.15, -0.1) is 29.5 Å². The number of rotatable bonds is 3. The van der Waals surface area contributed by atoms with Crippen LogP contribution >= 0.6 is 23.7 Å². The molecule has 0 saturated carbocycles.